The summed E-state index contributed by atoms with van der Waals surface area (Å²) in [4.78, 5) is 0. The van der Waals surface area contributed by atoms with E-state index in [4.69, 9.17) is 8.92 Å². The molecular formula is C18H13F7O3S. The summed E-state index contributed by atoms with van der Waals surface area (Å²) in [7, 11) is 0. The largest absolute Gasteiger partial charge is 0.432 e. The van der Waals surface area contributed by atoms with Crippen molar-refractivity contribution in [1.29, 1.82) is 0 Å². The second-order valence-corrected chi connectivity index (χ2v) is 6.52. The lowest BCUT2D eigenvalue weighted by Gasteiger charge is -2.28. The van der Waals surface area contributed by atoms with E-state index >= 15 is 0 Å². The van der Waals surface area contributed by atoms with Gasteiger partial charge in [0, 0.05) is 12.1 Å². The molecule has 0 aromatic heterocycles. The first kappa shape index (κ1) is 21.7. The molecule has 1 aliphatic rings. The molecule has 11 heteroatoms. The van der Waals surface area contributed by atoms with Gasteiger partial charge in [0.2, 0.25) is 0 Å². The van der Waals surface area contributed by atoms with E-state index in [2.05, 4.69) is 17.6 Å². The molecule has 29 heavy (non-hydrogen) atoms. The molecule has 1 heterocycles. The van der Waals surface area contributed by atoms with Crippen molar-refractivity contribution in [3.8, 4) is 5.75 Å². The van der Waals surface area contributed by atoms with Crippen molar-refractivity contribution < 1.29 is 44.4 Å². The Morgan fingerprint density at radius 2 is 1.48 bits per heavy atom. The lowest BCUT2D eigenvalue weighted by Crippen LogP contribution is -2.27. The minimum Gasteiger partial charge on any atom is -0.429 e. The van der Waals surface area contributed by atoms with E-state index in [1.54, 1.807) is 0 Å². The monoisotopic (exact) mass is 442 g/mol. The third-order valence-electron chi connectivity index (χ3n) is 4.31. The van der Waals surface area contributed by atoms with Crippen LogP contribution in [0.4, 0.5) is 30.7 Å². The predicted octanol–water partition coefficient (Wildman–Crippen LogP) is 5.59. The third kappa shape index (κ3) is 4.62. The Labute approximate surface area is 166 Å². The zero-order valence-corrected chi connectivity index (χ0v) is 15.3. The Kier molecular flexibility index (Phi) is 6.30. The summed E-state index contributed by atoms with van der Waals surface area (Å²) < 4.78 is 111. The van der Waals surface area contributed by atoms with Crippen molar-refractivity contribution >= 4 is 12.9 Å². The zero-order chi connectivity index (χ0) is 21.3. The molecule has 0 spiro atoms. The number of alkyl halides is 2. The topological polar surface area (TPSA) is 27.7 Å². The van der Waals surface area contributed by atoms with Crippen LogP contribution in [0, 0.1) is 29.1 Å². The SMILES string of the molecule is Fc1cc(OC(F)(F)c2c(F)cc(C3CCC(OS)CO3)cc2F)cc(F)c1F. The van der Waals surface area contributed by atoms with Gasteiger partial charge in [-0.05, 0) is 43.4 Å². The molecule has 0 amide bonds. The van der Waals surface area contributed by atoms with E-state index in [-0.39, 0.29) is 30.4 Å². The maximum absolute atomic E-state index is 14.3. The second-order valence-electron chi connectivity index (χ2n) is 6.31. The average Bonchev–Trinajstić information content (AvgIpc) is 2.65. The quantitative estimate of drug-likeness (QED) is 0.283. The molecule has 0 bridgehead atoms. The number of halogens is 7. The third-order valence-corrected chi connectivity index (χ3v) is 4.61. The summed E-state index contributed by atoms with van der Waals surface area (Å²) >= 11 is 3.65. The van der Waals surface area contributed by atoms with Crippen LogP contribution in [0.15, 0.2) is 24.3 Å². The van der Waals surface area contributed by atoms with Crippen molar-refractivity contribution in [3.63, 3.8) is 0 Å². The van der Waals surface area contributed by atoms with E-state index in [1.165, 1.54) is 0 Å². The van der Waals surface area contributed by atoms with Crippen molar-refractivity contribution in [1.82, 2.24) is 0 Å². The molecule has 0 N–H and O–H groups in total. The van der Waals surface area contributed by atoms with E-state index < -0.39 is 52.6 Å². The molecule has 2 aromatic carbocycles. The molecule has 3 rings (SSSR count). The Bertz CT molecular complexity index is 855. The van der Waals surface area contributed by atoms with Crippen LogP contribution < -0.4 is 4.74 Å². The van der Waals surface area contributed by atoms with Crippen molar-refractivity contribution in [2.24, 2.45) is 0 Å². The molecule has 2 atom stereocenters. The first-order valence-electron chi connectivity index (χ1n) is 8.25. The lowest BCUT2D eigenvalue weighted by atomic mass is 9.98. The van der Waals surface area contributed by atoms with Crippen LogP contribution in [-0.2, 0) is 15.0 Å². The summed E-state index contributed by atoms with van der Waals surface area (Å²) in [5.74, 6) is -9.95. The van der Waals surface area contributed by atoms with Gasteiger partial charge in [-0.1, -0.05) is 0 Å². The summed E-state index contributed by atoms with van der Waals surface area (Å²) in [5, 5.41) is 0. The molecule has 2 unspecified atom stereocenters. The molecule has 0 aliphatic carbocycles. The second kappa shape index (κ2) is 8.41. The van der Waals surface area contributed by atoms with Crippen molar-refractivity contribution in [3.05, 3.63) is 64.5 Å². The first-order valence-corrected chi connectivity index (χ1v) is 8.61. The fourth-order valence-electron chi connectivity index (χ4n) is 2.92. The van der Waals surface area contributed by atoms with Crippen LogP contribution in [0.2, 0.25) is 0 Å². The fraction of sp³-hybridized carbons (Fsp3) is 0.333. The highest BCUT2D eigenvalue weighted by Crippen LogP contribution is 2.38. The first-order chi connectivity index (χ1) is 13.6. The van der Waals surface area contributed by atoms with Gasteiger partial charge in [-0.2, -0.15) is 8.78 Å². The smallest absolute Gasteiger partial charge is 0.429 e. The molecule has 2 aromatic rings. The number of thiol groups is 1. The van der Waals surface area contributed by atoms with Gasteiger partial charge in [0.15, 0.2) is 17.5 Å². The van der Waals surface area contributed by atoms with E-state index in [0.29, 0.717) is 25.0 Å². The number of rotatable bonds is 5. The van der Waals surface area contributed by atoms with Gasteiger partial charge < -0.3 is 13.7 Å². The lowest BCUT2D eigenvalue weighted by molar-refractivity contribution is -0.189. The van der Waals surface area contributed by atoms with Gasteiger partial charge in [0.1, 0.15) is 22.9 Å². The van der Waals surface area contributed by atoms with Crippen LogP contribution in [0.5, 0.6) is 5.75 Å². The molecule has 0 saturated carbocycles. The molecule has 1 aliphatic heterocycles. The van der Waals surface area contributed by atoms with E-state index in [0.717, 1.165) is 0 Å². The van der Waals surface area contributed by atoms with Crippen LogP contribution in [0.25, 0.3) is 0 Å². The minimum atomic E-state index is -4.64. The highest BCUT2D eigenvalue weighted by atomic mass is 32.1. The van der Waals surface area contributed by atoms with Crippen molar-refractivity contribution in [2.75, 3.05) is 6.61 Å². The highest BCUT2D eigenvalue weighted by Gasteiger charge is 2.42. The van der Waals surface area contributed by atoms with Gasteiger partial charge in [-0.25, -0.2) is 22.0 Å². The van der Waals surface area contributed by atoms with Gasteiger partial charge in [-0.3, -0.25) is 0 Å². The molecule has 0 radical (unpaired) electrons. The molecule has 1 saturated heterocycles. The van der Waals surface area contributed by atoms with Crippen LogP contribution in [-0.4, -0.2) is 12.7 Å². The number of benzene rings is 2. The van der Waals surface area contributed by atoms with Crippen LogP contribution >= 0.6 is 12.9 Å². The standard InChI is InChI=1S/C18H13F7O3S/c19-11-3-8(15-2-1-9(28-29)7-26-15)4-12(20)16(11)18(24,25)27-10-5-13(21)17(23)14(22)6-10/h3-6,9,15,29H,1-2,7H2. The average molecular weight is 442 g/mol. The van der Waals surface area contributed by atoms with Gasteiger partial charge in [0.05, 0.1) is 18.8 Å². The summed E-state index contributed by atoms with van der Waals surface area (Å²) in [6.07, 6.45) is -4.91. The number of ether oxygens (including phenoxy) is 2. The summed E-state index contributed by atoms with van der Waals surface area (Å²) in [6.45, 7) is 0.0973. The Hall–Kier alpha value is -1.98. The Morgan fingerprint density at radius 1 is 0.897 bits per heavy atom. The van der Waals surface area contributed by atoms with Crippen LogP contribution in [0.3, 0.4) is 0 Å². The normalized spacial score (nSPS) is 20.0. The maximum atomic E-state index is 14.3. The minimum absolute atomic E-state index is 0.0176. The Balaban J connectivity index is 1.86. The van der Waals surface area contributed by atoms with Crippen LogP contribution in [0.1, 0.15) is 30.1 Å². The van der Waals surface area contributed by atoms with E-state index in [1.807, 2.05) is 0 Å². The summed E-state index contributed by atoms with van der Waals surface area (Å²) in [5.41, 5.74) is -1.78. The molecular weight excluding hydrogens is 429 g/mol. The molecule has 1 fully saturated rings. The van der Waals surface area contributed by atoms with Gasteiger partial charge >= 0.3 is 6.11 Å². The highest BCUT2D eigenvalue weighted by molar-refractivity contribution is 7.75. The summed E-state index contributed by atoms with van der Waals surface area (Å²) in [6, 6.07) is 1.58. The van der Waals surface area contributed by atoms with Crippen molar-refractivity contribution in [2.45, 2.75) is 31.2 Å². The van der Waals surface area contributed by atoms with E-state index in [9.17, 15) is 30.7 Å². The fourth-order valence-corrected chi connectivity index (χ4v) is 3.09. The molecule has 3 nitrogen and oxygen atoms in total. The maximum Gasteiger partial charge on any atom is 0.432 e. The Morgan fingerprint density at radius 3 is 1.97 bits per heavy atom. The number of hydrogen-bond acceptors (Lipinski definition) is 4. The zero-order valence-electron chi connectivity index (χ0n) is 14.4. The molecule has 158 valence electrons. The number of hydrogen-bond donors (Lipinski definition) is 1. The van der Waals surface area contributed by atoms with Gasteiger partial charge in [-0.15, -0.1) is 0 Å². The van der Waals surface area contributed by atoms with Gasteiger partial charge in [0.25, 0.3) is 0 Å². The predicted molar refractivity (Wildman–Crippen MR) is 89.0 cm³/mol.